The van der Waals surface area contributed by atoms with Gasteiger partial charge in [0.1, 0.15) is 0 Å². The molecule has 0 aliphatic rings. The van der Waals surface area contributed by atoms with Gasteiger partial charge in [-0.05, 0) is 66.4 Å². The van der Waals surface area contributed by atoms with E-state index >= 15 is 0 Å². The summed E-state index contributed by atoms with van der Waals surface area (Å²) in [6.45, 7) is 2.05. The van der Waals surface area contributed by atoms with Crippen molar-refractivity contribution in [2.75, 3.05) is 0 Å². The zero-order valence-electron chi connectivity index (χ0n) is 9.40. The number of hydrogen-bond acceptors (Lipinski definition) is 3. The number of benzene rings is 1. The van der Waals surface area contributed by atoms with Crippen LogP contribution in [0.15, 0.2) is 28.7 Å². The molecule has 0 saturated carbocycles. The number of rotatable bonds is 2. The van der Waals surface area contributed by atoms with E-state index in [0.717, 1.165) is 5.56 Å². The molecule has 1 aromatic heterocycles. The van der Waals surface area contributed by atoms with Gasteiger partial charge in [0.25, 0.3) is 5.89 Å². The first-order valence-corrected chi connectivity index (χ1v) is 7.48. The van der Waals surface area contributed by atoms with Gasteiger partial charge in [-0.3, -0.25) is 0 Å². The van der Waals surface area contributed by atoms with Crippen molar-refractivity contribution in [3.05, 3.63) is 47.2 Å². The lowest BCUT2D eigenvalue weighted by atomic mass is 10.1. The lowest BCUT2D eigenvalue weighted by Crippen LogP contribution is -1.97. The lowest BCUT2D eigenvalue weighted by molar-refractivity contribution is 0.502. The van der Waals surface area contributed by atoms with Crippen molar-refractivity contribution < 1.29 is 4.42 Å². The van der Waals surface area contributed by atoms with Crippen molar-refractivity contribution in [2.24, 2.45) is 0 Å². The van der Waals surface area contributed by atoms with E-state index in [-0.39, 0.29) is 0 Å². The molecule has 18 heavy (non-hydrogen) atoms. The zero-order valence-corrected chi connectivity index (χ0v) is 14.2. The predicted molar refractivity (Wildman–Crippen MR) is 82.9 cm³/mol. The molecule has 0 unspecified atom stereocenters. The summed E-state index contributed by atoms with van der Waals surface area (Å²) in [5.41, 5.74) is 2.32. The number of hydrogen-bond donors (Lipinski definition) is 0. The average molecular weight is 437 g/mol. The molecule has 0 N–H and O–H groups in total. The second-order valence-corrected chi connectivity index (χ2v) is 10.4. The van der Waals surface area contributed by atoms with E-state index in [1.807, 2.05) is 18.2 Å². The number of nitrogens with zero attached hydrogens (tertiary/aromatic N) is 2. The summed E-state index contributed by atoms with van der Waals surface area (Å²) in [4.78, 5) is 0. The van der Waals surface area contributed by atoms with Crippen molar-refractivity contribution in [2.45, 2.75) is 9.07 Å². The van der Waals surface area contributed by atoms with Crippen LogP contribution >= 0.6 is 47.8 Å². The second-order valence-electron chi connectivity index (χ2n) is 3.69. The largest absolute Gasteiger partial charge is 0.418 e. The predicted octanol–water partition coefficient (Wildman–Crippen LogP) is 4.84. The third kappa shape index (κ3) is 3.76. The van der Waals surface area contributed by atoms with Crippen LogP contribution in [-0.4, -0.2) is 10.2 Å². The van der Waals surface area contributed by atoms with E-state index in [2.05, 4.69) is 77.0 Å². The van der Waals surface area contributed by atoms with Crippen molar-refractivity contribution in [1.82, 2.24) is 10.2 Å². The summed E-state index contributed by atoms with van der Waals surface area (Å²) in [5, 5.41) is 7.83. The van der Waals surface area contributed by atoms with Gasteiger partial charge in [0.15, 0.2) is 0 Å². The monoisotopic (exact) mass is 434 g/mol. The van der Waals surface area contributed by atoms with Crippen molar-refractivity contribution in [3.8, 4) is 0 Å². The minimum atomic E-state index is -0.671. The molecule has 0 aliphatic heterocycles. The molecule has 0 spiro atoms. The van der Waals surface area contributed by atoms with Crippen LogP contribution < -0.4 is 0 Å². The van der Waals surface area contributed by atoms with Crippen LogP contribution in [-0.2, 0) is 2.14 Å². The Balaban J connectivity index is 2.14. The smallest absolute Gasteiger partial charge is 0.255 e. The Kier molecular flexibility index (Phi) is 4.40. The molecule has 0 saturated heterocycles. The van der Waals surface area contributed by atoms with Crippen LogP contribution in [0.1, 0.15) is 22.9 Å². The van der Waals surface area contributed by atoms with E-state index in [1.54, 1.807) is 6.08 Å². The van der Waals surface area contributed by atoms with Crippen molar-refractivity contribution >= 4 is 59.9 Å². The Morgan fingerprint density at radius 1 is 1.06 bits per heavy atom. The number of halogens is 3. The first-order chi connectivity index (χ1) is 8.45. The van der Waals surface area contributed by atoms with Crippen LogP contribution in [0.5, 0.6) is 0 Å². The summed E-state index contributed by atoms with van der Waals surface area (Å²) in [6.07, 6.45) is 3.70. The average Bonchev–Trinajstić information content (AvgIpc) is 2.77. The van der Waals surface area contributed by atoms with Crippen LogP contribution in [0.4, 0.5) is 0 Å². The van der Waals surface area contributed by atoms with Gasteiger partial charge < -0.3 is 4.42 Å². The Hall–Kier alpha value is -0.460. The highest BCUT2D eigenvalue weighted by Gasteiger charge is 2.27. The van der Waals surface area contributed by atoms with Crippen LogP contribution in [0.25, 0.3) is 12.2 Å². The molecule has 6 heteroatoms. The van der Waals surface area contributed by atoms with Crippen LogP contribution in [0, 0.1) is 6.92 Å². The Labute approximate surface area is 130 Å². The van der Waals surface area contributed by atoms with Crippen LogP contribution in [0.2, 0.25) is 0 Å². The molecule has 94 valence electrons. The summed E-state index contributed by atoms with van der Waals surface area (Å²) in [6, 6.07) is 8.18. The van der Waals surface area contributed by atoms with Crippen molar-refractivity contribution in [3.63, 3.8) is 0 Å². The molecule has 1 aromatic carbocycles. The van der Waals surface area contributed by atoms with Crippen LogP contribution in [0.3, 0.4) is 0 Å². The second kappa shape index (κ2) is 5.67. The zero-order chi connectivity index (χ0) is 13.2. The van der Waals surface area contributed by atoms with Crippen molar-refractivity contribution in [1.29, 1.82) is 0 Å². The van der Waals surface area contributed by atoms with Gasteiger partial charge >= 0.3 is 0 Å². The molecular formula is C12H9Br3N2O. The minimum absolute atomic E-state index is 0.408. The van der Waals surface area contributed by atoms with E-state index in [1.165, 1.54) is 5.56 Å². The van der Waals surface area contributed by atoms with E-state index in [0.29, 0.717) is 11.8 Å². The first kappa shape index (κ1) is 14.0. The SMILES string of the molecule is Cc1ccc(/C=C/c2nnc(C(Br)(Br)Br)o2)cc1. The maximum atomic E-state index is 5.44. The molecular weight excluding hydrogens is 428 g/mol. The normalized spacial score (nSPS) is 12.2. The molecule has 0 atom stereocenters. The number of alkyl halides is 3. The Morgan fingerprint density at radius 3 is 2.28 bits per heavy atom. The van der Waals surface area contributed by atoms with Gasteiger partial charge in [0.05, 0.1) is 0 Å². The highest BCUT2D eigenvalue weighted by Crippen LogP contribution is 2.43. The summed E-state index contributed by atoms with van der Waals surface area (Å²) in [5.74, 6) is 0.861. The fourth-order valence-corrected chi connectivity index (χ4v) is 1.74. The summed E-state index contributed by atoms with van der Waals surface area (Å²) >= 11 is 9.95. The quantitative estimate of drug-likeness (QED) is 0.632. The fraction of sp³-hybridized carbons (Fsp3) is 0.167. The van der Waals surface area contributed by atoms with Gasteiger partial charge in [-0.15, -0.1) is 10.2 Å². The molecule has 0 amide bonds. The van der Waals surface area contributed by atoms with Gasteiger partial charge in [-0.1, -0.05) is 29.8 Å². The van der Waals surface area contributed by atoms with E-state index < -0.39 is 2.14 Å². The molecule has 0 radical (unpaired) electrons. The standard InChI is InChI=1S/C12H9Br3N2O/c1-8-2-4-9(5-3-8)6-7-10-16-17-11(18-10)12(13,14)15/h2-7H,1H3/b7-6+. The molecule has 2 rings (SSSR count). The van der Waals surface area contributed by atoms with Gasteiger partial charge in [-0.25, -0.2) is 0 Å². The highest BCUT2D eigenvalue weighted by molar-refractivity contribution is 9.38. The van der Waals surface area contributed by atoms with Gasteiger partial charge in [0.2, 0.25) is 8.03 Å². The molecule has 0 fully saturated rings. The first-order valence-electron chi connectivity index (χ1n) is 5.10. The Morgan fingerprint density at radius 2 is 1.72 bits per heavy atom. The third-order valence-corrected chi connectivity index (χ3v) is 3.20. The van der Waals surface area contributed by atoms with Gasteiger partial charge in [0, 0.05) is 6.08 Å². The molecule has 3 nitrogen and oxygen atoms in total. The Bertz CT molecular complexity index is 555. The number of aryl methyl sites for hydroxylation is 1. The highest BCUT2D eigenvalue weighted by atomic mass is 80.0. The molecule has 0 aliphatic carbocycles. The summed E-state index contributed by atoms with van der Waals surface area (Å²) in [7, 11) is 0. The lowest BCUT2D eigenvalue weighted by Gasteiger charge is -2.03. The topological polar surface area (TPSA) is 38.9 Å². The van der Waals surface area contributed by atoms with E-state index in [4.69, 9.17) is 4.42 Å². The third-order valence-electron chi connectivity index (χ3n) is 2.18. The molecule has 1 heterocycles. The summed E-state index contributed by atoms with van der Waals surface area (Å²) < 4.78 is 4.77. The van der Waals surface area contributed by atoms with E-state index in [9.17, 15) is 0 Å². The fourth-order valence-electron chi connectivity index (χ4n) is 1.26. The molecule has 0 bridgehead atoms. The maximum Gasteiger partial charge on any atom is 0.255 e. The number of aromatic nitrogens is 2. The molecule has 2 aromatic rings. The van der Waals surface area contributed by atoms with Gasteiger partial charge in [-0.2, -0.15) is 0 Å². The minimum Gasteiger partial charge on any atom is -0.418 e. The maximum absolute atomic E-state index is 5.44.